The number of ether oxygens (including phenoxy) is 2. The first-order valence-corrected chi connectivity index (χ1v) is 12.1. The van der Waals surface area contributed by atoms with Gasteiger partial charge in [0.05, 0.1) is 11.5 Å². The van der Waals surface area contributed by atoms with Crippen molar-refractivity contribution < 1.29 is 22.7 Å². The monoisotopic (exact) mass is 488 g/mol. The SMILES string of the molecule is CCOc1ccc(NS(=O)(=O)c2ccc(NC(=O)C(C)(C)Oc3ccc(Cl)cc3)cc2)cc1. The number of amides is 1. The number of nitrogens with one attached hydrogen (secondary N) is 2. The molecule has 0 aliphatic heterocycles. The van der Waals surface area contributed by atoms with E-state index in [-0.39, 0.29) is 10.8 Å². The number of carbonyl (C=O) groups is 1. The van der Waals surface area contributed by atoms with Crippen LogP contribution in [0.25, 0.3) is 0 Å². The van der Waals surface area contributed by atoms with Crippen LogP contribution in [0.5, 0.6) is 11.5 Å². The van der Waals surface area contributed by atoms with E-state index in [2.05, 4.69) is 10.0 Å². The van der Waals surface area contributed by atoms with Gasteiger partial charge < -0.3 is 14.8 Å². The quantitative estimate of drug-likeness (QED) is 0.424. The van der Waals surface area contributed by atoms with Gasteiger partial charge in [-0.25, -0.2) is 8.42 Å². The van der Waals surface area contributed by atoms with Crippen LogP contribution in [0.1, 0.15) is 20.8 Å². The third-order valence-corrected chi connectivity index (χ3v) is 6.22. The Balaban J connectivity index is 1.64. The molecule has 0 heterocycles. The molecule has 0 aliphatic carbocycles. The average Bonchev–Trinajstić information content (AvgIpc) is 2.77. The zero-order valence-corrected chi connectivity index (χ0v) is 20.0. The molecule has 1 amide bonds. The van der Waals surface area contributed by atoms with E-state index < -0.39 is 15.6 Å². The van der Waals surface area contributed by atoms with Crippen LogP contribution in [-0.2, 0) is 14.8 Å². The lowest BCUT2D eigenvalue weighted by molar-refractivity contribution is -0.128. The summed E-state index contributed by atoms with van der Waals surface area (Å²) in [6, 6.07) is 19.2. The van der Waals surface area contributed by atoms with Gasteiger partial charge in [0.2, 0.25) is 0 Å². The predicted octanol–water partition coefficient (Wildman–Crippen LogP) is 5.34. The Morgan fingerprint density at radius 1 is 0.879 bits per heavy atom. The van der Waals surface area contributed by atoms with Crippen molar-refractivity contribution in [3.63, 3.8) is 0 Å². The van der Waals surface area contributed by atoms with E-state index in [0.29, 0.717) is 34.5 Å². The zero-order chi connectivity index (χ0) is 24.1. The summed E-state index contributed by atoms with van der Waals surface area (Å²) in [7, 11) is -3.80. The number of sulfonamides is 1. The van der Waals surface area contributed by atoms with E-state index >= 15 is 0 Å². The number of halogens is 1. The Morgan fingerprint density at radius 3 is 2.00 bits per heavy atom. The van der Waals surface area contributed by atoms with Crippen molar-refractivity contribution in [2.24, 2.45) is 0 Å². The number of rotatable bonds is 9. The van der Waals surface area contributed by atoms with Gasteiger partial charge in [-0.2, -0.15) is 0 Å². The minimum Gasteiger partial charge on any atom is -0.494 e. The van der Waals surface area contributed by atoms with Crippen molar-refractivity contribution in [1.82, 2.24) is 0 Å². The average molecular weight is 489 g/mol. The van der Waals surface area contributed by atoms with Crippen LogP contribution < -0.4 is 19.5 Å². The Bertz CT molecular complexity index is 1190. The number of anilines is 2. The van der Waals surface area contributed by atoms with Gasteiger partial charge in [-0.3, -0.25) is 9.52 Å². The van der Waals surface area contributed by atoms with Gasteiger partial charge in [0.15, 0.2) is 5.60 Å². The Kier molecular flexibility index (Phi) is 7.50. The lowest BCUT2D eigenvalue weighted by Crippen LogP contribution is -2.42. The normalized spacial score (nSPS) is 11.5. The molecule has 9 heteroatoms. The van der Waals surface area contributed by atoms with Gasteiger partial charge >= 0.3 is 0 Å². The molecule has 0 radical (unpaired) electrons. The maximum atomic E-state index is 12.7. The minimum atomic E-state index is -3.80. The number of hydrogen-bond acceptors (Lipinski definition) is 5. The summed E-state index contributed by atoms with van der Waals surface area (Å²) in [5.74, 6) is 0.769. The zero-order valence-electron chi connectivity index (χ0n) is 18.5. The molecule has 0 spiro atoms. The van der Waals surface area contributed by atoms with Crippen LogP contribution in [0.4, 0.5) is 11.4 Å². The van der Waals surface area contributed by atoms with Gasteiger partial charge in [-0.05, 0) is 93.6 Å². The molecular weight excluding hydrogens is 464 g/mol. The highest BCUT2D eigenvalue weighted by Crippen LogP contribution is 2.24. The summed E-state index contributed by atoms with van der Waals surface area (Å²) >= 11 is 5.87. The lowest BCUT2D eigenvalue weighted by Gasteiger charge is -2.25. The molecular formula is C24H25ClN2O5S. The van der Waals surface area contributed by atoms with Crippen molar-refractivity contribution in [3.8, 4) is 11.5 Å². The first kappa shape index (κ1) is 24.4. The van der Waals surface area contributed by atoms with Crippen molar-refractivity contribution >= 4 is 38.9 Å². The second-order valence-electron chi connectivity index (χ2n) is 7.61. The van der Waals surface area contributed by atoms with Crippen LogP contribution in [0.15, 0.2) is 77.7 Å². The number of benzene rings is 3. The van der Waals surface area contributed by atoms with Gasteiger partial charge in [0, 0.05) is 16.4 Å². The standard InChI is InChI=1S/C24H25ClN2O5S/c1-4-31-20-13-7-19(8-14-20)27-33(29,30)22-15-9-18(10-16-22)26-23(28)24(2,3)32-21-11-5-17(25)6-12-21/h5-16,27H,4H2,1-3H3,(H,26,28). The molecule has 0 aliphatic rings. The van der Waals surface area contributed by atoms with E-state index in [0.717, 1.165) is 0 Å². The summed E-state index contributed by atoms with van der Waals surface area (Å²) in [5, 5.41) is 3.31. The van der Waals surface area contributed by atoms with E-state index in [1.165, 1.54) is 24.3 Å². The predicted molar refractivity (Wildman–Crippen MR) is 130 cm³/mol. The first-order valence-electron chi connectivity index (χ1n) is 10.2. The second kappa shape index (κ2) is 10.1. The maximum Gasteiger partial charge on any atom is 0.267 e. The fraction of sp³-hybridized carbons (Fsp3) is 0.208. The van der Waals surface area contributed by atoms with E-state index in [4.69, 9.17) is 21.1 Å². The summed E-state index contributed by atoms with van der Waals surface area (Å²) in [5.41, 5.74) is -0.321. The van der Waals surface area contributed by atoms with Gasteiger partial charge in [-0.15, -0.1) is 0 Å². The molecule has 7 nitrogen and oxygen atoms in total. The molecule has 174 valence electrons. The molecule has 0 aromatic heterocycles. The molecule has 0 saturated carbocycles. The fourth-order valence-electron chi connectivity index (χ4n) is 2.84. The van der Waals surface area contributed by atoms with Crippen molar-refractivity contribution in [2.75, 3.05) is 16.6 Å². The Morgan fingerprint density at radius 2 is 1.42 bits per heavy atom. The molecule has 3 aromatic carbocycles. The largest absolute Gasteiger partial charge is 0.494 e. The van der Waals surface area contributed by atoms with Crippen LogP contribution in [0.2, 0.25) is 5.02 Å². The highest BCUT2D eigenvalue weighted by atomic mass is 35.5. The second-order valence-corrected chi connectivity index (χ2v) is 9.73. The number of carbonyl (C=O) groups excluding carboxylic acids is 1. The molecule has 0 atom stereocenters. The summed E-state index contributed by atoms with van der Waals surface area (Å²) < 4.78 is 39.0. The summed E-state index contributed by atoms with van der Waals surface area (Å²) in [4.78, 5) is 12.8. The molecule has 0 fully saturated rings. The summed E-state index contributed by atoms with van der Waals surface area (Å²) in [6.07, 6.45) is 0. The third kappa shape index (κ3) is 6.63. The molecule has 0 saturated heterocycles. The van der Waals surface area contributed by atoms with Gasteiger partial charge in [-0.1, -0.05) is 11.6 Å². The topological polar surface area (TPSA) is 93.7 Å². The van der Waals surface area contributed by atoms with Gasteiger partial charge in [0.1, 0.15) is 11.5 Å². The molecule has 0 bridgehead atoms. The van der Waals surface area contributed by atoms with Crippen LogP contribution in [0.3, 0.4) is 0 Å². The fourth-order valence-corrected chi connectivity index (χ4v) is 4.03. The van der Waals surface area contributed by atoms with E-state index in [9.17, 15) is 13.2 Å². The van der Waals surface area contributed by atoms with E-state index in [1.807, 2.05) is 6.92 Å². The highest BCUT2D eigenvalue weighted by molar-refractivity contribution is 7.92. The van der Waals surface area contributed by atoms with Crippen LogP contribution in [-0.4, -0.2) is 26.5 Å². The minimum absolute atomic E-state index is 0.0612. The first-order chi connectivity index (χ1) is 15.6. The van der Waals surface area contributed by atoms with E-state index in [1.54, 1.807) is 62.4 Å². The van der Waals surface area contributed by atoms with Crippen molar-refractivity contribution in [3.05, 3.63) is 77.8 Å². The molecule has 33 heavy (non-hydrogen) atoms. The molecule has 3 aromatic rings. The third-order valence-electron chi connectivity index (χ3n) is 4.57. The van der Waals surface area contributed by atoms with Crippen LogP contribution >= 0.6 is 11.6 Å². The lowest BCUT2D eigenvalue weighted by atomic mass is 10.1. The molecule has 0 unspecified atom stereocenters. The van der Waals surface area contributed by atoms with Crippen molar-refractivity contribution in [1.29, 1.82) is 0 Å². The highest BCUT2D eigenvalue weighted by Gasteiger charge is 2.30. The molecule has 2 N–H and O–H groups in total. The van der Waals surface area contributed by atoms with Crippen LogP contribution in [0, 0.1) is 0 Å². The summed E-state index contributed by atoms with van der Waals surface area (Å²) in [6.45, 7) is 5.67. The molecule has 3 rings (SSSR count). The maximum absolute atomic E-state index is 12.7. The number of hydrogen-bond donors (Lipinski definition) is 2. The Hall–Kier alpha value is -3.23. The smallest absolute Gasteiger partial charge is 0.267 e. The van der Waals surface area contributed by atoms with Gasteiger partial charge in [0.25, 0.3) is 15.9 Å². The Labute approximate surface area is 198 Å². The van der Waals surface area contributed by atoms with Crippen molar-refractivity contribution in [2.45, 2.75) is 31.3 Å².